The largest absolute Gasteiger partial charge is 0.480 e. The number of anilines is 1. The van der Waals surface area contributed by atoms with E-state index in [0.29, 0.717) is 35.2 Å². The predicted octanol–water partition coefficient (Wildman–Crippen LogP) is 5.33. The maximum atomic E-state index is 15.6. The molecule has 3 atom stereocenters. The zero-order valence-electron chi connectivity index (χ0n) is 23.2. The number of benzene rings is 1. The van der Waals surface area contributed by atoms with E-state index in [4.69, 9.17) is 19.5 Å². The molecule has 0 unspecified atom stereocenters. The smallest absolute Gasteiger partial charge is 0.410 e. The van der Waals surface area contributed by atoms with E-state index < -0.39 is 11.4 Å². The Kier molecular flexibility index (Phi) is 8.74. The van der Waals surface area contributed by atoms with E-state index in [9.17, 15) is 9.59 Å². The molecule has 0 radical (unpaired) electrons. The minimum absolute atomic E-state index is 0.0858. The summed E-state index contributed by atoms with van der Waals surface area (Å²) in [6, 6.07) is 3.69. The average Bonchev–Trinajstić information content (AvgIpc) is 3.50. The van der Waals surface area contributed by atoms with Crippen LogP contribution in [0.5, 0.6) is 5.88 Å². The van der Waals surface area contributed by atoms with Gasteiger partial charge < -0.3 is 24.4 Å². The number of ether oxygens (including phenoxy) is 3. The molecule has 3 aliphatic rings. The van der Waals surface area contributed by atoms with Crippen LogP contribution >= 0.6 is 15.9 Å². The van der Waals surface area contributed by atoms with E-state index in [2.05, 4.69) is 44.1 Å². The monoisotopic (exact) mass is 614 g/mol. The van der Waals surface area contributed by atoms with Crippen LogP contribution in [-0.2, 0) is 20.7 Å². The number of carbonyl (C=O) groups is 2. The standard InChI is InChI=1S/C29H32BrFN4O5/c1-29(2,3)40-28(37)35-15-17-14-20(35)24(17)33-25-18(10-6-7-11-21(36)38-4)27(39-5)34-26-19(25)13-16(9-8-12-32)22(30)23(26)31/h13,17,20,24H,7-9,11,14-15H2,1-5H3,(H,33,34)/t17-,20-,24-/m1/s1. The highest BCUT2D eigenvalue weighted by Crippen LogP contribution is 2.46. The van der Waals surface area contributed by atoms with Crippen LogP contribution in [0.3, 0.4) is 0 Å². The number of fused-ring (bicyclic) bond motifs is 2. The molecule has 1 aromatic heterocycles. The summed E-state index contributed by atoms with van der Waals surface area (Å²) in [4.78, 5) is 30.6. The van der Waals surface area contributed by atoms with E-state index in [1.54, 1.807) is 11.0 Å². The van der Waals surface area contributed by atoms with Gasteiger partial charge in [-0.25, -0.2) is 14.2 Å². The Labute approximate surface area is 241 Å². The molecule has 1 saturated carbocycles. The number of hydrogen-bond donors (Lipinski definition) is 1. The van der Waals surface area contributed by atoms with Gasteiger partial charge in [0.25, 0.3) is 0 Å². The normalized spacial score (nSPS) is 19.2. The van der Waals surface area contributed by atoms with Crippen LogP contribution in [0.1, 0.15) is 57.6 Å². The molecule has 1 aromatic carbocycles. The number of esters is 1. The van der Waals surface area contributed by atoms with E-state index >= 15 is 4.39 Å². The molecule has 40 heavy (non-hydrogen) atoms. The molecule has 1 N–H and O–H groups in total. The summed E-state index contributed by atoms with van der Waals surface area (Å²) in [5, 5.41) is 13.2. The van der Waals surface area contributed by atoms with Gasteiger partial charge in [-0.3, -0.25) is 4.79 Å². The second-order valence-corrected chi connectivity index (χ2v) is 11.6. The lowest BCUT2D eigenvalue weighted by Gasteiger charge is -2.38. The van der Waals surface area contributed by atoms with Crippen molar-refractivity contribution in [1.29, 1.82) is 5.26 Å². The van der Waals surface area contributed by atoms with Crippen LogP contribution in [0.25, 0.3) is 10.9 Å². The van der Waals surface area contributed by atoms with Gasteiger partial charge in [0.1, 0.15) is 16.7 Å². The Bertz CT molecular complexity index is 1440. The zero-order chi connectivity index (χ0) is 29.2. The number of halogens is 2. The summed E-state index contributed by atoms with van der Waals surface area (Å²) < 4.78 is 31.7. The van der Waals surface area contributed by atoms with Gasteiger partial charge in [-0.2, -0.15) is 5.26 Å². The molecule has 2 bridgehead atoms. The summed E-state index contributed by atoms with van der Waals surface area (Å²) in [5.41, 5.74) is 1.05. The molecule has 5 rings (SSSR count). The fourth-order valence-corrected chi connectivity index (χ4v) is 5.60. The van der Waals surface area contributed by atoms with Crippen LogP contribution in [0.15, 0.2) is 10.5 Å². The number of pyridine rings is 1. The molecule has 2 aromatic rings. The summed E-state index contributed by atoms with van der Waals surface area (Å²) in [6.45, 7) is 6.04. The number of hydrogen-bond acceptors (Lipinski definition) is 8. The third kappa shape index (κ3) is 5.95. The Morgan fingerprint density at radius 3 is 2.70 bits per heavy atom. The number of nitrogens with one attached hydrogen (secondary N) is 1. The minimum Gasteiger partial charge on any atom is -0.480 e. The highest BCUT2D eigenvalue weighted by molar-refractivity contribution is 9.10. The molecule has 1 aliphatic carbocycles. The highest BCUT2D eigenvalue weighted by Gasteiger charge is 2.55. The van der Waals surface area contributed by atoms with Crippen molar-refractivity contribution in [3.63, 3.8) is 0 Å². The number of aromatic nitrogens is 1. The predicted molar refractivity (Wildman–Crippen MR) is 150 cm³/mol. The Morgan fingerprint density at radius 1 is 1.30 bits per heavy atom. The number of carbonyl (C=O) groups excluding carboxylic acids is 2. The molecule has 2 aliphatic heterocycles. The summed E-state index contributed by atoms with van der Waals surface area (Å²) in [5.74, 6) is 5.41. The summed E-state index contributed by atoms with van der Waals surface area (Å²) in [6.07, 6.45) is 1.39. The average molecular weight is 616 g/mol. The quantitative estimate of drug-likeness (QED) is 0.329. The molecule has 0 spiro atoms. The van der Waals surface area contributed by atoms with Crippen LogP contribution in [0.4, 0.5) is 14.9 Å². The van der Waals surface area contributed by atoms with Crippen molar-refractivity contribution in [2.75, 3.05) is 26.1 Å². The van der Waals surface area contributed by atoms with Gasteiger partial charge in [0.15, 0.2) is 5.82 Å². The van der Waals surface area contributed by atoms with Crippen molar-refractivity contribution in [3.05, 3.63) is 27.5 Å². The minimum atomic E-state index is -0.612. The third-order valence-electron chi connectivity index (χ3n) is 7.03. The maximum Gasteiger partial charge on any atom is 0.410 e. The third-order valence-corrected chi connectivity index (χ3v) is 7.89. The van der Waals surface area contributed by atoms with Gasteiger partial charge in [0.2, 0.25) is 5.88 Å². The van der Waals surface area contributed by atoms with Crippen molar-refractivity contribution in [2.24, 2.45) is 5.92 Å². The van der Waals surface area contributed by atoms with E-state index in [-0.39, 0.29) is 65.2 Å². The number of aryl methyl sites for hydroxylation is 1. The van der Waals surface area contributed by atoms with Crippen LogP contribution in [0, 0.1) is 34.9 Å². The van der Waals surface area contributed by atoms with Gasteiger partial charge in [0.05, 0.1) is 49.0 Å². The van der Waals surface area contributed by atoms with Crippen molar-refractivity contribution in [2.45, 2.75) is 70.6 Å². The van der Waals surface area contributed by atoms with Crippen molar-refractivity contribution in [3.8, 4) is 23.8 Å². The molecule has 9 nitrogen and oxygen atoms in total. The van der Waals surface area contributed by atoms with Crippen molar-refractivity contribution in [1.82, 2.24) is 9.88 Å². The number of nitrogens with zero attached hydrogens (tertiary/aromatic N) is 3. The topological polar surface area (TPSA) is 114 Å². The van der Waals surface area contributed by atoms with Gasteiger partial charge >= 0.3 is 12.1 Å². The van der Waals surface area contributed by atoms with Gasteiger partial charge in [-0.05, 0) is 61.2 Å². The fourth-order valence-electron chi connectivity index (χ4n) is 5.10. The first-order valence-corrected chi connectivity index (χ1v) is 13.9. The lowest BCUT2D eigenvalue weighted by atomic mass is 9.79. The van der Waals surface area contributed by atoms with Crippen molar-refractivity contribution >= 4 is 44.6 Å². The fraction of sp³-hybridized carbons (Fsp3) is 0.517. The number of nitriles is 1. The second kappa shape index (κ2) is 11.9. The first kappa shape index (κ1) is 29.4. The van der Waals surface area contributed by atoms with E-state index in [1.165, 1.54) is 14.2 Å². The Hall–Kier alpha value is -3.57. The lowest BCUT2D eigenvalue weighted by Crippen LogP contribution is -2.50. The first-order chi connectivity index (χ1) is 19.0. The van der Waals surface area contributed by atoms with E-state index in [1.807, 2.05) is 20.8 Å². The Balaban J connectivity index is 1.78. The number of methoxy groups -OCH3 is 2. The van der Waals surface area contributed by atoms with Crippen LogP contribution in [-0.4, -0.2) is 60.4 Å². The van der Waals surface area contributed by atoms with E-state index in [0.717, 1.165) is 6.42 Å². The first-order valence-electron chi connectivity index (χ1n) is 13.1. The van der Waals surface area contributed by atoms with Crippen LogP contribution in [0.2, 0.25) is 0 Å². The molecule has 1 amide bonds. The second-order valence-electron chi connectivity index (χ2n) is 10.8. The molecule has 3 fully saturated rings. The highest BCUT2D eigenvalue weighted by atomic mass is 79.9. The Morgan fingerprint density at radius 2 is 2.05 bits per heavy atom. The molecule has 2 saturated heterocycles. The zero-order valence-corrected chi connectivity index (χ0v) is 24.8. The molecule has 11 heteroatoms. The molecular weight excluding hydrogens is 583 g/mol. The summed E-state index contributed by atoms with van der Waals surface area (Å²) in [7, 11) is 2.75. The number of rotatable bonds is 7. The molecular formula is C29H32BrFN4O5. The van der Waals surface area contributed by atoms with Crippen LogP contribution < -0.4 is 10.1 Å². The van der Waals surface area contributed by atoms with Gasteiger partial charge in [0, 0.05) is 30.7 Å². The SMILES string of the molecule is COC(=O)CCC#Cc1c(OC)nc2c(F)c(Br)c(CCC#N)cc2c1N[C@@H]1[C@@H]2C[C@H]1N(C(=O)OC(C)(C)C)C2. The molecule has 212 valence electrons. The molecule has 3 heterocycles. The number of amides is 1. The van der Waals surface area contributed by atoms with Gasteiger partial charge in [-0.15, -0.1) is 0 Å². The maximum absolute atomic E-state index is 15.6. The van der Waals surface area contributed by atoms with Crippen molar-refractivity contribution < 1.29 is 28.2 Å². The van der Waals surface area contributed by atoms with Gasteiger partial charge in [-0.1, -0.05) is 11.8 Å². The lowest BCUT2D eigenvalue weighted by molar-refractivity contribution is -0.140. The summed E-state index contributed by atoms with van der Waals surface area (Å²) >= 11 is 3.33.